The number of nitrogens with zero attached hydrogens (tertiary/aromatic N) is 1. The molecule has 0 aromatic heterocycles. The summed E-state index contributed by atoms with van der Waals surface area (Å²) in [6, 6.07) is 8.72. The first-order valence-electron chi connectivity index (χ1n) is 7.00. The molecule has 0 N–H and O–H groups in total. The molecule has 1 aromatic carbocycles. The van der Waals surface area contributed by atoms with Gasteiger partial charge in [0.1, 0.15) is 18.8 Å². The van der Waals surface area contributed by atoms with E-state index < -0.39 is 18.1 Å². The molecule has 0 bridgehead atoms. The van der Waals surface area contributed by atoms with E-state index >= 15 is 0 Å². The van der Waals surface area contributed by atoms with Crippen molar-refractivity contribution >= 4 is 12.1 Å². The van der Waals surface area contributed by atoms with E-state index in [-0.39, 0.29) is 25.4 Å². The molecule has 0 aliphatic carbocycles. The van der Waals surface area contributed by atoms with E-state index in [0.29, 0.717) is 6.54 Å². The molecule has 2 aliphatic rings. The Morgan fingerprint density at radius 3 is 2.76 bits per heavy atom. The van der Waals surface area contributed by atoms with Gasteiger partial charge in [-0.1, -0.05) is 30.3 Å². The van der Waals surface area contributed by atoms with Gasteiger partial charge in [0.2, 0.25) is 0 Å². The van der Waals surface area contributed by atoms with Gasteiger partial charge in [-0.25, -0.2) is 9.59 Å². The Bertz CT molecular complexity index is 532. The highest BCUT2D eigenvalue weighted by atomic mass is 16.6. The normalized spacial score (nSPS) is 26.1. The van der Waals surface area contributed by atoms with E-state index in [2.05, 4.69) is 0 Å². The van der Waals surface area contributed by atoms with Crippen LogP contribution < -0.4 is 0 Å². The third-order valence-electron chi connectivity index (χ3n) is 3.61. The second kappa shape index (κ2) is 5.73. The first-order valence-corrected chi connectivity index (χ1v) is 7.00. The van der Waals surface area contributed by atoms with E-state index in [1.807, 2.05) is 30.3 Å². The van der Waals surface area contributed by atoms with Crippen LogP contribution in [0.25, 0.3) is 0 Å². The van der Waals surface area contributed by atoms with Crippen LogP contribution in [0.1, 0.15) is 12.5 Å². The van der Waals surface area contributed by atoms with Crippen LogP contribution in [0.2, 0.25) is 0 Å². The summed E-state index contributed by atoms with van der Waals surface area (Å²) in [6.07, 6.45) is -0.815. The minimum absolute atomic E-state index is 0.0660. The number of esters is 1. The second-order valence-corrected chi connectivity index (χ2v) is 5.03. The Morgan fingerprint density at radius 1 is 1.29 bits per heavy atom. The van der Waals surface area contributed by atoms with E-state index in [1.54, 1.807) is 6.92 Å². The lowest BCUT2D eigenvalue weighted by Gasteiger charge is -2.24. The van der Waals surface area contributed by atoms with Crippen molar-refractivity contribution in [2.45, 2.75) is 31.8 Å². The number of likely N-dealkylation sites (tertiary alicyclic amines) is 1. The molecule has 0 spiro atoms. The number of hydrogen-bond acceptors (Lipinski definition) is 5. The number of hydrogen-bond donors (Lipinski definition) is 0. The molecule has 3 rings (SSSR count). The molecule has 3 atom stereocenters. The van der Waals surface area contributed by atoms with Crippen molar-refractivity contribution in [3.63, 3.8) is 0 Å². The number of ether oxygens (including phenoxy) is 3. The molecule has 2 saturated heterocycles. The fourth-order valence-corrected chi connectivity index (χ4v) is 2.55. The quantitative estimate of drug-likeness (QED) is 0.618. The number of epoxide rings is 1. The molecule has 2 aliphatic heterocycles. The minimum Gasteiger partial charge on any atom is -0.464 e. The van der Waals surface area contributed by atoms with Crippen LogP contribution in [-0.4, -0.2) is 48.4 Å². The fourth-order valence-electron chi connectivity index (χ4n) is 2.55. The first-order chi connectivity index (χ1) is 10.2. The van der Waals surface area contributed by atoms with Gasteiger partial charge in [-0.2, -0.15) is 0 Å². The second-order valence-electron chi connectivity index (χ2n) is 5.03. The van der Waals surface area contributed by atoms with E-state index in [0.717, 1.165) is 5.56 Å². The van der Waals surface area contributed by atoms with Crippen LogP contribution in [0.4, 0.5) is 4.79 Å². The molecule has 21 heavy (non-hydrogen) atoms. The number of carbonyl (C=O) groups excluding carboxylic acids is 2. The molecule has 0 radical (unpaired) electrons. The molecule has 1 aromatic rings. The van der Waals surface area contributed by atoms with Gasteiger partial charge in [0.05, 0.1) is 13.2 Å². The van der Waals surface area contributed by atoms with Crippen molar-refractivity contribution in [2.24, 2.45) is 0 Å². The lowest BCUT2D eigenvalue weighted by atomic mass is 10.2. The molecule has 6 heteroatoms. The topological polar surface area (TPSA) is 68.4 Å². The maximum Gasteiger partial charge on any atom is 0.411 e. The van der Waals surface area contributed by atoms with Gasteiger partial charge in [0.15, 0.2) is 6.04 Å². The molecule has 6 nitrogen and oxygen atoms in total. The van der Waals surface area contributed by atoms with Crippen molar-refractivity contribution in [3.8, 4) is 0 Å². The number of amides is 1. The summed E-state index contributed by atoms with van der Waals surface area (Å²) in [4.78, 5) is 25.5. The standard InChI is InChI=1S/C15H17NO5/c1-2-19-14(17)12-13-11(21-13)8-16(12)15(18)20-9-10-6-4-3-5-7-10/h3-7,11-13H,2,8-9H2,1H3/t11-,12-,13-/m1/s1. The molecular formula is C15H17NO5. The van der Waals surface area contributed by atoms with Crippen molar-refractivity contribution in [2.75, 3.05) is 13.2 Å². The largest absolute Gasteiger partial charge is 0.464 e. The van der Waals surface area contributed by atoms with Gasteiger partial charge in [0, 0.05) is 0 Å². The maximum absolute atomic E-state index is 12.1. The minimum atomic E-state index is -0.682. The lowest BCUT2D eigenvalue weighted by Crippen LogP contribution is -2.45. The Hall–Kier alpha value is -2.08. The summed E-state index contributed by atoms with van der Waals surface area (Å²) < 4.78 is 15.6. The number of carbonyl (C=O) groups is 2. The van der Waals surface area contributed by atoms with Crippen molar-refractivity contribution in [1.29, 1.82) is 0 Å². The monoisotopic (exact) mass is 291 g/mol. The van der Waals surface area contributed by atoms with Crippen LogP contribution in [-0.2, 0) is 25.6 Å². The third-order valence-corrected chi connectivity index (χ3v) is 3.61. The highest BCUT2D eigenvalue weighted by Crippen LogP contribution is 2.37. The van der Waals surface area contributed by atoms with Gasteiger partial charge < -0.3 is 14.2 Å². The fraction of sp³-hybridized carbons (Fsp3) is 0.467. The predicted molar refractivity (Wildman–Crippen MR) is 72.4 cm³/mol. The summed E-state index contributed by atoms with van der Waals surface area (Å²) in [5.74, 6) is -0.431. The molecule has 2 heterocycles. The molecule has 0 saturated carbocycles. The predicted octanol–water partition coefficient (Wildman–Crippen LogP) is 1.34. The number of rotatable bonds is 4. The zero-order chi connectivity index (χ0) is 14.8. The van der Waals surface area contributed by atoms with Crippen LogP contribution >= 0.6 is 0 Å². The van der Waals surface area contributed by atoms with Gasteiger partial charge in [-0.05, 0) is 12.5 Å². The van der Waals surface area contributed by atoms with Crippen LogP contribution in [0.5, 0.6) is 0 Å². The average molecular weight is 291 g/mol. The zero-order valence-electron chi connectivity index (χ0n) is 11.7. The maximum atomic E-state index is 12.1. The van der Waals surface area contributed by atoms with Crippen LogP contribution in [0.3, 0.4) is 0 Å². The van der Waals surface area contributed by atoms with Gasteiger partial charge >= 0.3 is 12.1 Å². The Kier molecular flexibility index (Phi) is 3.79. The van der Waals surface area contributed by atoms with Gasteiger partial charge in [-0.3, -0.25) is 4.90 Å². The van der Waals surface area contributed by atoms with E-state index in [1.165, 1.54) is 4.90 Å². The highest BCUT2D eigenvalue weighted by Gasteiger charge is 2.60. The lowest BCUT2D eigenvalue weighted by molar-refractivity contribution is -0.149. The molecule has 0 unspecified atom stereocenters. The summed E-state index contributed by atoms with van der Waals surface area (Å²) in [7, 11) is 0. The highest BCUT2D eigenvalue weighted by molar-refractivity contribution is 5.83. The van der Waals surface area contributed by atoms with Gasteiger partial charge in [-0.15, -0.1) is 0 Å². The average Bonchev–Trinajstić information content (AvgIpc) is 3.16. The van der Waals surface area contributed by atoms with Crippen LogP contribution in [0.15, 0.2) is 30.3 Å². The third kappa shape index (κ3) is 2.85. The Balaban J connectivity index is 1.60. The van der Waals surface area contributed by atoms with E-state index in [9.17, 15) is 9.59 Å². The zero-order valence-corrected chi connectivity index (χ0v) is 11.7. The number of morpholine rings is 1. The summed E-state index contributed by atoms with van der Waals surface area (Å²) in [5.41, 5.74) is 0.902. The smallest absolute Gasteiger partial charge is 0.411 e. The van der Waals surface area contributed by atoms with Crippen molar-refractivity contribution < 1.29 is 23.8 Å². The van der Waals surface area contributed by atoms with Crippen LogP contribution in [0, 0.1) is 0 Å². The Labute approximate surface area is 122 Å². The SMILES string of the molecule is CCOC(=O)[C@H]1[C@@H]2O[C@@H]2CN1C(=O)OCc1ccccc1. The number of benzene rings is 1. The van der Waals surface area contributed by atoms with E-state index in [4.69, 9.17) is 14.2 Å². The molecule has 112 valence electrons. The Morgan fingerprint density at radius 2 is 2.05 bits per heavy atom. The summed E-state index contributed by atoms with van der Waals surface area (Å²) in [6.45, 7) is 2.57. The molecule has 1 amide bonds. The summed E-state index contributed by atoms with van der Waals surface area (Å²) >= 11 is 0. The van der Waals surface area contributed by atoms with Crippen molar-refractivity contribution in [1.82, 2.24) is 4.90 Å². The molecule has 2 fully saturated rings. The molecular weight excluding hydrogens is 274 g/mol. The first kappa shape index (κ1) is 13.9. The van der Waals surface area contributed by atoms with Gasteiger partial charge in [0.25, 0.3) is 0 Å². The summed E-state index contributed by atoms with van der Waals surface area (Å²) in [5, 5.41) is 0. The number of fused-ring (bicyclic) bond motifs is 1. The van der Waals surface area contributed by atoms with Crippen molar-refractivity contribution in [3.05, 3.63) is 35.9 Å².